The Labute approximate surface area is 217 Å². The first-order valence-corrected chi connectivity index (χ1v) is 13.0. The molecule has 4 heterocycles. The molecule has 2 saturated heterocycles. The third kappa shape index (κ3) is 4.66. The first kappa shape index (κ1) is 24.9. The van der Waals surface area contributed by atoms with E-state index in [4.69, 9.17) is 9.26 Å². The number of aromatic nitrogens is 2. The lowest BCUT2D eigenvalue weighted by atomic mass is 9.98. The highest BCUT2D eigenvalue weighted by Gasteiger charge is 2.43. The first-order valence-electron chi connectivity index (χ1n) is 13.0. The molecule has 1 N–H and O–H groups in total. The van der Waals surface area contributed by atoms with Crippen LogP contribution in [0.3, 0.4) is 0 Å². The highest BCUT2D eigenvalue weighted by Crippen LogP contribution is 2.46. The molecule has 0 radical (unpaired) electrons. The Hall–Kier alpha value is -3.40. The SMILES string of the molecule is Cc1cc(C(=O)O)nc(N2C3CC[C@H]2CC(OCc2c(-c4ccccc4C(F)(F)F)noc2C2CC2)C3)c1. The van der Waals surface area contributed by atoms with Crippen molar-refractivity contribution in [3.8, 4) is 11.3 Å². The second-order valence-corrected chi connectivity index (χ2v) is 10.6. The number of aryl methyl sites for hydroxylation is 1. The fourth-order valence-corrected chi connectivity index (χ4v) is 6.01. The van der Waals surface area contributed by atoms with Crippen molar-refractivity contribution in [3.05, 3.63) is 64.5 Å². The van der Waals surface area contributed by atoms with Crippen LogP contribution in [-0.4, -0.2) is 39.4 Å². The number of fused-ring (bicyclic) bond motifs is 2. The average molecular weight is 528 g/mol. The summed E-state index contributed by atoms with van der Waals surface area (Å²) < 4.78 is 53.2. The van der Waals surface area contributed by atoms with Gasteiger partial charge in [0.25, 0.3) is 0 Å². The summed E-state index contributed by atoms with van der Waals surface area (Å²) in [6.45, 7) is 1.99. The summed E-state index contributed by atoms with van der Waals surface area (Å²) in [5.74, 6) is 0.419. The van der Waals surface area contributed by atoms with Crippen LogP contribution in [0.25, 0.3) is 11.3 Å². The van der Waals surface area contributed by atoms with E-state index in [9.17, 15) is 23.1 Å². The van der Waals surface area contributed by atoms with Gasteiger partial charge >= 0.3 is 12.1 Å². The molecule has 3 atom stereocenters. The van der Waals surface area contributed by atoms with E-state index < -0.39 is 17.7 Å². The van der Waals surface area contributed by atoms with Crippen molar-refractivity contribution in [3.63, 3.8) is 0 Å². The normalized spacial score (nSPS) is 23.2. The van der Waals surface area contributed by atoms with Crippen LogP contribution in [0, 0.1) is 6.92 Å². The van der Waals surface area contributed by atoms with Crippen LogP contribution in [0.4, 0.5) is 19.0 Å². The van der Waals surface area contributed by atoms with Gasteiger partial charge in [0.15, 0.2) is 5.69 Å². The van der Waals surface area contributed by atoms with Crippen molar-refractivity contribution in [1.29, 1.82) is 0 Å². The van der Waals surface area contributed by atoms with Gasteiger partial charge in [-0.15, -0.1) is 0 Å². The molecule has 3 fully saturated rings. The van der Waals surface area contributed by atoms with Crippen molar-refractivity contribution in [2.45, 2.75) is 82.3 Å². The number of carboxylic acids is 1. The number of alkyl halides is 3. The lowest BCUT2D eigenvalue weighted by molar-refractivity contribution is -0.137. The topological polar surface area (TPSA) is 88.7 Å². The van der Waals surface area contributed by atoms with Gasteiger partial charge in [-0.3, -0.25) is 0 Å². The Balaban J connectivity index is 1.22. The van der Waals surface area contributed by atoms with Gasteiger partial charge in [-0.25, -0.2) is 9.78 Å². The molecule has 2 aliphatic heterocycles. The smallest absolute Gasteiger partial charge is 0.417 e. The van der Waals surface area contributed by atoms with Crippen LogP contribution >= 0.6 is 0 Å². The number of anilines is 1. The van der Waals surface area contributed by atoms with Gasteiger partial charge in [0.2, 0.25) is 0 Å². The van der Waals surface area contributed by atoms with E-state index in [2.05, 4.69) is 15.0 Å². The maximum atomic E-state index is 13.8. The molecule has 6 rings (SSSR count). The van der Waals surface area contributed by atoms with Crippen LogP contribution in [-0.2, 0) is 17.5 Å². The Kier molecular flexibility index (Phi) is 6.17. The highest BCUT2D eigenvalue weighted by molar-refractivity contribution is 5.86. The molecule has 38 heavy (non-hydrogen) atoms. The molecule has 200 valence electrons. The molecule has 0 spiro atoms. The van der Waals surface area contributed by atoms with Crippen LogP contribution in [0.15, 0.2) is 40.9 Å². The zero-order chi connectivity index (χ0) is 26.6. The fourth-order valence-electron chi connectivity index (χ4n) is 6.01. The number of hydrogen-bond acceptors (Lipinski definition) is 6. The number of benzene rings is 1. The molecule has 7 nitrogen and oxygen atoms in total. The maximum absolute atomic E-state index is 13.8. The van der Waals surface area contributed by atoms with Gasteiger partial charge in [-0.1, -0.05) is 23.4 Å². The quantitative estimate of drug-likeness (QED) is 0.383. The third-order valence-electron chi connectivity index (χ3n) is 7.85. The Morgan fingerprint density at radius 1 is 1.13 bits per heavy atom. The molecule has 1 aliphatic carbocycles. The largest absolute Gasteiger partial charge is 0.477 e. The number of carbonyl (C=O) groups is 1. The third-order valence-corrected chi connectivity index (χ3v) is 7.85. The molecule has 3 aliphatic rings. The molecule has 2 unspecified atom stereocenters. The number of piperidine rings is 1. The van der Waals surface area contributed by atoms with Crippen molar-refractivity contribution >= 4 is 11.8 Å². The second kappa shape index (κ2) is 9.41. The van der Waals surface area contributed by atoms with Gasteiger partial charge in [0.05, 0.1) is 18.3 Å². The summed E-state index contributed by atoms with van der Waals surface area (Å²) in [6, 6.07) is 9.24. The van der Waals surface area contributed by atoms with E-state index >= 15 is 0 Å². The monoisotopic (exact) mass is 527 g/mol. The molecule has 10 heteroatoms. The van der Waals surface area contributed by atoms with Crippen molar-refractivity contribution in [2.24, 2.45) is 0 Å². The summed E-state index contributed by atoms with van der Waals surface area (Å²) in [7, 11) is 0. The van der Waals surface area contributed by atoms with Crippen LogP contribution < -0.4 is 4.90 Å². The number of ether oxygens (including phenoxy) is 1. The van der Waals surface area contributed by atoms with E-state index in [1.807, 2.05) is 13.0 Å². The minimum atomic E-state index is -4.51. The zero-order valence-corrected chi connectivity index (χ0v) is 20.9. The first-order chi connectivity index (χ1) is 18.2. The Morgan fingerprint density at radius 2 is 1.84 bits per heavy atom. The summed E-state index contributed by atoms with van der Waals surface area (Å²) in [5, 5.41) is 13.5. The van der Waals surface area contributed by atoms with Gasteiger partial charge in [0.1, 0.15) is 17.3 Å². The fraction of sp³-hybridized carbons (Fsp3) is 0.464. The van der Waals surface area contributed by atoms with Gasteiger partial charge < -0.3 is 19.3 Å². The van der Waals surface area contributed by atoms with Crippen molar-refractivity contribution in [2.75, 3.05) is 4.90 Å². The molecule has 0 amide bonds. The molecular formula is C28H28F3N3O4. The molecule has 2 bridgehead atoms. The maximum Gasteiger partial charge on any atom is 0.417 e. The van der Waals surface area contributed by atoms with Gasteiger partial charge in [-0.2, -0.15) is 13.2 Å². The number of nitrogens with zero attached hydrogens (tertiary/aromatic N) is 3. The molecule has 2 aromatic heterocycles. The summed E-state index contributed by atoms with van der Waals surface area (Å²) >= 11 is 0. The highest BCUT2D eigenvalue weighted by atomic mass is 19.4. The number of pyridine rings is 1. The van der Waals surface area contributed by atoms with E-state index in [0.29, 0.717) is 17.1 Å². The second-order valence-electron chi connectivity index (χ2n) is 10.6. The van der Waals surface area contributed by atoms with Gasteiger partial charge in [0, 0.05) is 29.1 Å². The Bertz CT molecular complexity index is 1350. The van der Waals surface area contributed by atoms with Crippen LogP contribution in [0.5, 0.6) is 0 Å². The van der Waals surface area contributed by atoms with E-state index in [-0.39, 0.29) is 47.7 Å². The van der Waals surface area contributed by atoms with E-state index in [1.165, 1.54) is 12.1 Å². The lowest BCUT2D eigenvalue weighted by Gasteiger charge is -2.39. The van der Waals surface area contributed by atoms with E-state index in [0.717, 1.165) is 50.2 Å². The molecule has 3 aromatic rings. The van der Waals surface area contributed by atoms with Crippen molar-refractivity contribution < 1.29 is 32.3 Å². The number of hydrogen-bond donors (Lipinski definition) is 1. The number of aromatic carboxylic acids is 1. The standard InChI is InChI=1S/C28H28F3N3O4/c1-15-10-23(27(35)36)32-24(11-15)34-17-8-9-18(34)13-19(12-17)37-14-21-25(33-38-26(21)16-6-7-16)20-4-2-3-5-22(20)28(29,30)31/h2-5,10-11,16-19H,6-9,12-14H2,1H3,(H,35,36)/t17-,18?,19?/m0/s1. The molecule has 1 aromatic carbocycles. The minimum absolute atomic E-state index is 0.00361. The number of rotatable bonds is 7. The Morgan fingerprint density at radius 3 is 2.50 bits per heavy atom. The summed E-state index contributed by atoms with van der Waals surface area (Å²) in [6.07, 6.45) is 0.616. The molecular weight excluding hydrogens is 499 g/mol. The molecule has 1 saturated carbocycles. The predicted octanol–water partition coefficient (Wildman–Crippen LogP) is 6.36. The lowest BCUT2D eigenvalue weighted by Crippen LogP contribution is -2.46. The minimum Gasteiger partial charge on any atom is -0.477 e. The van der Waals surface area contributed by atoms with Crippen LogP contribution in [0.1, 0.15) is 77.4 Å². The van der Waals surface area contributed by atoms with Gasteiger partial charge in [-0.05, 0) is 69.2 Å². The zero-order valence-electron chi connectivity index (χ0n) is 20.9. The summed E-state index contributed by atoms with van der Waals surface area (Å²) in [4.78, 5) is 18.1. The number of halogens is 3. The predicted molar refractivity (Wildman–Crippen MR) is 132 cm³/mol. The number of carboxylic acid groups (broad SMARTS) is 1. The average Bonchev–Trinajstić information content (AvgIpc) is 3.57. The summed E-state index contributed by atoms with van der Waals surface area (Å²) in [5.41, 5.74) is 0.941. The van der Waals surface area contributed by atoms with E-state index in [1.54, 1.807) is 12.1 Å². The van der Waals surface area contributed by atoms with Crippen LogP contribution in [0.2, 0.25) is 0 Å². The van der Waals surface area contributed by atoms with Crippen molar-refractivity contribution in [1.82, 2.24) is 10.1 Å².